The number of azide groups is 1. The summed E-state index contributed by atoms with van der Waals surface area (Å²) in [5.74, 6) is 0. The third kappa shape index (κ3) is 2.09. The van der Waals surface area contributed by atoms with Crippen molar-refractivity contribution in [2.75, 3.05) is 13.2 Å². The number of hydrogen-bond acceptors (Lipinski definition) is 5. The molecule has 0 aromatic heterocycles. The monoisotopic (exact) mass is 189 g/mol. The van der Waals surface area contributed by atoms with Gasteiger partial charge in [-0.05, 0) is 5.53 Å². The first kappa shape index (κ1) is 10.2. The lowest BCUT2D eigenvalue weighted by Crippen LogP contribution is -2.53. The van der Waals surface area contributed by atoms with Crippen LogP contribution in [0.2, 0.25) is 0 Å². The molecule has 13 heavy (non-hydrogen) atoms. The van der Waals surface area contributed by atoms with Gasteiger partial charge in [0.15, 0.2) is 0 Å². The predicted octanol–water partition coefficient (Wildman–Crippen LogP) is -1.22. The number of ether oxygens (including phenoxy) is 1. The van der Waals surface area contributed by atoms with Crippen molar-refractivity contribution in [3.8, 4) is 0 Å². The van der Waals surface area contributed by atoms with Crippen LogP contribution in [0, 0.1) is 0 Å². The molecule has 0 amide bonds. The molecule has 0 bridgehead atoms. The van der Waals surface area contributed by atoms with Crippen LogP contribution in [-0.4, -0.2) is 52.9 Å². The molecular weight excluding hydrogens is 178 g/mol. The van der Waals surface area contributed by atoms with E-state index in [1.165, 1.54) is 0 Å². The van der Waals surface area contributed by atoms with Gasteiger partial charge in [-0.15, -0.1) is 0 Å². The molecule has 0 saturated carbocycles. The first-order valence-corrected chi connectivity index (χ1v) is 3.83. The molecule has 0 aromatic carbocycles. The van der Waals surface area contributed by atoms with Crippen molar-refractivity contribution < 1.29 is 20.1 Å². The molecule has 0 radical (unpaired) electrons. The molecule has 0 spiro atoms. The third-order valence-corrected chi connectivity index (χ3v) is 1.97. The zero-order valence-electron chi connectivity index (χ0n) is 6.82. The minimum atomic E-state index is -1.16. The fourth-order valence-corrected chi connectivity index (χ4v) is 1.23. The molecule has 1 rings (SSSR count). The molecule has 3 N–H and O–H groups in total. The second kappa shape index (κ2) is 4.40. The number of nitrogens with zero attached hydrogens (tertiary/aromatic N) is 3. The Bertz CT molecular complexity index is 218. The van der Waals surface area contributed by atoms with Gasteiger partial charge < -0.3 is 20.1 Å². The average molecular weight is 189 g/mol. The van der Waals surface area contributed by atoms with E-state index >= 15 is 0 Å². The first-order chi connectivity index (χ1) is 6.20. The van der Waals surface area contributed by atoms with Crippen molar-refractivity contribution in [2.24, 2.45) is 5.11 Å². The molecule has 7 nitrogen and oxygen atoms in total. The minimum absolute atomic E-state index is 0.0496. The van der Waals surface area contributed by atoms with Gasteiger partial charge in [0.2, 0.25) is 0 Å². The van der Waals surface area contributed by atoms with Gasteiger partial charge in [-0.25, -0.2) is 0 Å². The highest BCUT2D eigenvalue weighted by Gasteiger charge is 2.37. The lowest BCUT2D eigenvalue weighted by molar-refractivity contribution is -0.147. The van der Waals surface area contributed by atoms with Gasteiger partial charge in [-0.3, -0.25) is 0 Å². The van der Waals surface area contributed by atoms with Crippen molar-refractivity contribution in [1.29, 1.82) is 0 Å². The molecule has 1 heterocycles. The van der Waals surface area contributed by atoms with E-state index in [-0.39, 0.29) is 13.2 Å². The molecule has 7 heteroatoms. The summed E-state index contributed by atoms with van der Waals surface area (Å²) < 4.78 is 4.89. The SMILES string of the molecule is [N-]=[N+]=NC1C(O)COC(CO)[C@H]1O. The van der Waals surface area contributed by atoms with Gasteiger partial charge in [-0.1, -0.05) is 5.11 Å². The quantitative estimate of drug-likeness (QED) is 0.286. The van der Waals surface area contributed by atoms with E-state index in [0.717, 1.165) is 0 Å². The molecule has 3 unspecified atom stereocenters. The van der Waals surface area contributed by atoms with Gasteiger partial charge in [0, 0.05) is 4.91 Å². The Balaban J connectivity index is 2.71. The van der Waals surface area contributed by atoms with E-state index in [9.17, 15) is 10.2 Å². The minimum Gasteiger partial charge on any atom is -0.394 e. The zero-order chi connectivity index (χ0) is 9.84. The maximum absolute atomic E-state index is 9.42. The van der Waals surface area contributed by atoms with Crippen molar-refractivity contribution in [3.63, 3.8) is 0 Å². The molecule has 74 valence electrons. The Morgan fingerprint density at radius 1 is 1.54 bits per heavy atom. The Labute approximate surface area is 74.2 Å². The molecule has 1 fully saturated rings. The van der Waals surface area contributed by atoms with E-state index in [2.05, 4.69) is 10.0 Å². The fraction of sp³-hybridized carbons (Fsp3) is 1.00. The van der Waals surface area contributed by atoms with Crippen LogP contribution >= 0.6 is 0 Å². The van der Waals surface area contributed by atoms with Crippen LogP contribution in [0.5, 0.6) is 0 Å². The second-order valence-electron chi connectivity index (χ2n) is 2.81. The van der Waals surface area contributed by atoms with Crippen LogP contribution < -0.4 is 0 Å². The fourth-order valence-electron chi connectivity index (χ4n) is 1.23. The van der Waals surface area contributed by atoms with Crippen molar-refractivity contribution in [2.45, 2.75) is 24.4 Å². The number of rotatable bonds is 2. The molecule has 1 aliphatic heterocycles. The molecule has 1 saturated heterocycles. The lowest BCUT2D eigenvalue weighted by Gasteiger charge is -2.34. The Morgan fingerprint density at radius 2 is 2.23 bits per heavy atom. The highest BCUT2D eigenvalue weighted by molar-refractivity contribution is 4.91. The van der Waals surface area contributed by atoms with Crippen LogP contribution in [-0.2, 0) is 4.74 Å². The van der Waals surface area contributed by atoms with Gasteiger partial charge in [0.05, 0.1) is 31.5 Å². The highest BCUT2D eigenvalue weighted by atomic mass is 16.5. The summed E-state index contributed by atoms with van der Waals surface area (Å²) in [6, 6.07) is -0.948. The summed E-state index contributed by atoms with van der Waals surface area (Å²) in [6.45, 7) is -0.419. The summed E-state index contributed by atoms with van der Waals surface area (Å²) in [6.07, 6.45) is -2.97. The van der Waals surface area contributed by atoms with E-state index in [1.54, 1.807) is 0 Å². The second-order valence-corrected chi connectivity index (χ2v) is 2.81. The molecular formula is C6H11N3O4. The van der Waals surface area contributed by atoms with E-state index < -0.39 is 24.4 Å². The van der Waals surface area contributed by atoms with Crippen molar-refractivity contribution in [3.05, 3.63) is 10.4 Å². The van der Waals surface area contributed by atoms with E-state index in [1.807, 2.05) is 0 Å². The smallest absolute Gasteiger partial charge is 0.107 e. The standard InChI is InChI=1S/C6H11N3O4/c7-9-8-5-3(11)2-13-4(1-10)6(5)12/h3-6,10-12H,1-2H2/t3?,4?,5?,6-/m1/s1. The van der Waals surface area contributed by atoms with Crippen LogP contribution in [0.3, 0.4) is 0 Å². The summed E-state index contributed by atoms with van der Waals surface area (Å²) in [5, 5.41) is 30.6. The summed E-state index contributed by atoms with van der Waals surface area (Å²) in [4.78, 5) is 2.50. The number of hydrogen-bond donors (Lipinski definition) is 3. The highest BCUT2D eigenvalue weighted by Crippen LogP contribution is 2.18. The first-order valence-electron chi connectivity index (χ1n) is 3.83. The molecule has 4 atom stereocenters. The maximum atomic E-state index is 9.42. The molecule has 0 aromatic rings. The van der Waals surface area contributed by atoms with Gasteiger partial charge in [-0.2, -0.15) is 0 Å². The predicted molar refractivity (Wildman–Crippen MR) is 41.8 cm³/mol. The van der Waals surface area contributed by atoms with Crippen LogP contribution in [0.1, 0.15) is 0 Å². The van der Waals surface area contributed by atoms with Crippen LogP contribution in [0.25, 0.3) is 10.4 Å². The van der Waals surface area contributed by atoms with E-state index in [0.29, 0.717) is 0 Å². The zero-order valence-corrected chi connectivity index (χ0v) is 6.82. The lowest BCUT2D eigenvalue weighted by atomic mass is 9.98. The van der Waals surface area contributed by atoms with E-state index in [4.69, 9.17) is 15.4 Å². The van der Waals surface area contributed by atoms with Gasteiger partial charge in [0.25, 0.3) is 0 Å². The summed E-state index contributed by atoms with van der Waals surface area (Å²) in [7, 11) is 0. The van der Waals surface area contributed by atoms with Crippen LogP contribution in [0.4, 0.5) is 0 Å². The Kier molecular flexibility index (Phi) is 3.47. The maximum Gasteiger partial charge on any atom is 0.107 e. The topological polar surface area (TPSA) is 119 Å². The van der Waals surface area contributed by atoms with Gasteiger partial charge >= 0.3 is 0 Å². The number of aliphatic hydroxyl groups is 3. The largest absolute Gasteiger partial charge is 0.394 e. The Morgan fingerprint density at radius 3 is 2.77 bits per heavy atom. The average Bonchev–Trinajstić information content (AvgIpc) is 2.12. The molecule has 0 aliphatic carbocycles. The summed E-state index contributed by atoms with van der Waals surface area (Å²) in [5.41, 5.74) is 8.15. The van der Waals surface area contributed by atoms with Crippen LogP contribution in [0.15, 0.2) is 5.11 Å². The molecule has 1 aliphatic rings. The third-order valence-electron chi connectivity index (χ3n) is 1.97. The van der Waals surface area contributed by atoms with Gasteiger partial charge in [0.1, 0.15) is 6.10 Å². The number of aliphatic hydroxyl groups excluding tert-OH is 3. The van der Waals surface area contributed by atoms with Crippen molar-refractivity contribution >= 4 is 0 Å². The Hall–Kier alpha value is -0.850. The normalized spacial score (nSPS) is 39.6. The summed E-state index contributed by atoms with van der Waals surface area (Å²) >= 11 is 0. The van der Waals surface area contributed by atoms with Crippen molar-refractivity contribution in [1.82, 2.24) is 0 Å².